The summed E-state index contributed by atoms with van der Waals surface area (Å²) < 4.78 is 37.1. The Bertz CT molecular complexity index is 358. The largest absolute Gasteiger partial charge is 0.416 e. The van der Waals surface area contributed by atoms with Crippen LogP contribution in [-0.2, 0) is 12.7 Å². The lowest BCUT2D eigenvalue weighted by atomic mass is 10.1. The zero-order valence-electron chi connectivity index (χ0n) is 11.3. The number of nitrogens with one attached hydrogen (secondary N) is 2. The van der Waals surface area contributed by atoms with E-state index in [-0.39, 0.29) is 0 Å². The van der Waals surface area contributed by atoms with Gasteiger partial charge in [-0.15, -0.1) is 0 Å². The van der Waals surface area contributed by atoms with E-state index in [9.17, 15) is 13.2 Å². The predicted molar refractivity (Wildman–Crippen MR) is 70.9 cm³/mol. The molecule has 1 rings (SSSR count). The van der Waals surface area contributed by atoms with Crippen molar-refractivity contribution in [1.29, 1.82) is 0 Å². The van der Waals surface area contributed by atoms with Crippen molar-refractivity contribution >= 4 is 0 Å². The molecule has 0 heterocycles. The molecule has 0 aliphatic carbocycles. The summed E-state index contributed by atoms with van der Waals surface area (Å²) in [7, 11) is 0. The molecule has 2 nitrogen and oxygen atoms in total. The maximum absolute atomic E-state index is 12.4. The predicted octanol–water partition coefficient (Wildman–Crippen LogP) is 3.04. The first kappa shape index (κ1) is 16.0. The van der Waals surface area contributed by atoms with E-state index in [1.54, 1.807) is 0 Å². The molecule has 0 aliphatic rings. The van der Waals surface area contributed by atoms with Crippen LogP contribution in [0.4, 0.5) is 13.2 Å². The van der Waals surface area contributed by atoms with Crippen molar-refractivity contribution in [2.75, 3.05) is 19.6 Å². The summed E-state index contributed by atoms with van der Waals surface area (Å²) in [6.07, 6.45) is -4.26. The first-order chi connectivity index (χ1) is 8.89. The van der Waals surface area contributed by atoms with Gasteiger partial charge in [-0.25, -0.2) is 0 Å². The number of hydrogen-bond acceptors (Lipinski definition) is 2. The second-order valence-electron chi connectivity index (χ2n) is 4.97. The van der Waals surface area contributed by atoms with E-state index in [0.717, 1.165) is 37.3 Å². The van der Waals surface area contributed by atoms with Crippen LogP contribution in [0.15, 0.2) is 24.3 Å². The zero-order chi connectivity index (χ0) is 14.3. The molecule has 0 aliphatic heterocycles. The Hall–Kier alpha value is -1.07. The average molecular weight is 274 g/mol. The van der Waals surface area contributed by atoms with Crippen molar-refractivity contribution in [3.63, 3.8) is 0 Å². The third-order valence-electron chi connectivity index (χ3n) is 2.64. The molecule has 0 unspecified atom stereocenters. The summed E-state index contributed by atoms with van der Waals surface area (Å²) in [6, 6.07) is 5.26. The number of halogens is 3. The first-order valence-corrected chi connectivity index (χ1v) is 6.47. The smallest absolute Gasteiger partial charge is 0.315 e. The Kier molecular flexibility index (Phi) is 6.31. The maximum Gasteiger partial charge on any atom is 0.416 e. The van der Waals surface area contributed by atoms with Gasteiger partial charge in [0.1, 0.15) is 0 Å². The van der Waals surface area contributed by atoms with Crippen LogP contribution in [0.25, 0.3) is 0 Å². The second-order valence-corrected chi connectivity index (χ2v) is 4.97. The second kappa shape index (κ2) is 7.50. The SMILES string of the molecule is CC(C)CNCCNCc1ccc(C(F)(F)F)cc1. The van der Waals surface area contributed by atoms with E-state index < -0.39 is 11.7 Å². The maximum atomic E-state index is 12.4. The van der Waals surface area contributed by atoms with Crippen molar-refractivity contribution in [3.05, 3.63) is 35.4 Å². The minimum Gasteiger partial charge on any atom is -0.315 e. The molecule has 0 fully saturated rings. The molecule has 0 radical (unpaired) electrons. The Morgan fingerprint density at radius 3 is 2.11 bits per heavy atom. The average Bonchev–Trinajstić information content (AvgIpc) is 2.32. The fourth-order valence-electron chi connectivity index (χ4n) is 1.61. The van der Waals surface area contributed by atoms with Crippen LogP contribution in [0.2, 0.25) is 0 Å². The zero-order valence-corrected chi connectivity index (χ0v) is 11.3. The number of rotatable bonds is 7. The lowest BCUT2D eigenvalue weighted by molar-refractivity contribution is -0.137. The normalized spacial score (nSPS) is 12.1. The lowest BCUT2D eigenvalue weighted by Gasteiger charge is -2.10. The van der Waals surface area contributed by atoms with E-state index in [1.807, 2.05) is 0 Å². The van der Waals surface area contributed by atoms with Gasteiger partial charge in [-0.2, -0.15) is 13.2 Å². The molecule has 5 heteroatoms. The molecule has 0 saturated heterocycles. The monoisotopic (exact) mass is 274 g/mol. The van der Waals surface area contributed by atoms with Gasteiger partial charge in [0.25, 0.3) is 0 Å². The number of alkyl halides is 3. The van der Waals surface area contributed by atoms with E-state index in [1.165, 1.54) is 12.1 Å². The van der Waals surface area contributed by atoms with Crippen LogP contribution in [0.3, 0.4) is 0 Å². The fraction of sp³-hybridized carbons (Fsp3) is 0.571. The van der Waals surface area contributed by atoms with Gasteiger partial charge in [0, 0.05) is 19.6 Å². The molecule has 0 amide bonds. The highest BCUT2D eigenvalue weighted by Crippen LogP contribution is 2.28. The number of benzene rings is 1. The van der Waals surface area contributed by atoms with Crippen LogP contribution in [0.5, 0.6) is 0 Å². The third-order valence-corrected chi connectivity index (χ3v) is 2.64. The molecule has 108 valence electrons. The highest BCUT2D eigenvalue weighted by molar-refractivity contribution is 5.24. The van der Waals surface area contributed by atoms with Gasteiger partial charge < -0.3 is 10.6 Å². The topological polar surface area (TPSA) is 24.1 Å². The van der Waals surface area contributed by atoms with Crippen molar-refractivity contribution < 1.29 is 13.2 Å². The summed E-state index contributed by atoms with van der Waals surface area (Å²) in [4.78, 5) is 0. The summed E-state index contributed by atoms with van der Waals surface area (Å²) >= 11 is 0. The van der Waals surface area contributed by atoms with Crippen molar-refractivity contribution in [3.8, 4) is 0 Å². The fourth-order valence-corrected chi connectivity index (χ4v) is 1.61. The van der Waals surface area contributed by atoms with E-state index in [0.29, 0.717) is 12.5 Å². The van der Waals surface area contributed by atoms with Gasteiger partial charge in [-0.1, -0.05) is 26.0 Å². The first-order valence-electron chi connectivity index (χ1n) is 6.47. The molecule has 1 aromatic carbocycles. The third kappa shape index (κ3) is 6.59. The van der Waals surface area contributed by atoms with Gasteiger partial charge in [-0.3, -0.25) is 0 Å². The van der Waals surface area contributed by atoms with E-state index in [2.05, 4.69) is 24.5 Å². The van der Waals surface area contributed by atoms with E-state index in [4.69, 9.17) is 0 Å². The van der Waals surface area contributed by atoms with Crippen molar-refractivity contribution in [1.82, 2.24) is 10.6 Å². The summed E-state index contributed by atoms with van der Waals surface area (Å²) in [5.41, 5.74) is 0.256. The minimum absolute atomic E-state index is 0.585. The molecular formula is C14H21F3N2. The van der Waals surface area contributed by atoms with Gasteiger partial charge in [0.2, 0.25) is 0 Å². The number of hydrogen-bond donors (Lipinski definition) is 2. The molecular weight excluding hydrogens is 253 g/mol. The Labute approximate surface area is 112 Å². The molecule has 0 atom stereocenters. The molecule has 0 saturated carbocycles. The minimum atomic E-state index is -4.26. The molecule has 0 bridgehead atoms. The molecule has 0 spiro atoms. The van der Waals surface area contributed by atoms with Crippen molar-refractivity contribution in [2.45, 2.75) is 26.6 Å². The van der Waals surface area contributed by atoms with Crippen molar-refractivity contribution in [2.24, 2.45) is 5.92 Å². The van der Waals surface area contributed by atoms with Crippen LogP contribution in [0, 0.1) is 5.92 Å². The van der Waals surface area contributed by atoms with Crippen LogP contribution < -0.4 is 10.6 Å². The summed E-state index contributed by atoms with van der Waals surface area (Å²) in [5.74, 6) is 0.620. The van der Waals surface area contributed by atoms with E-state index >= 15 is 0 Å². The van der Waals surface area contributed by atoms with Crippen LogP contribution in [0.1, 0.15) is 25.0 Å². The highest BCUT2D eigenvalue weighted by atomic mass is 19.4. The van der Waals surface area contributed by atoms with Gasteiger partial charge in [-0.05, 0) is 30.2 Å². The van der Waals surface area contributed by atoms with Crippen LogP contribution in [-0.4, -0.2) is 19.6 Å². The van der Waals surface area contributed by atoms with Crippen LogP contribution >= 0.6 is 0 Å². The highest BCUT2D eigenvalue weighted by Gasteiger charge is 2.29. The Balaban J connectivity index is 2.23. The molecule has 1 aromatic rings. The molecule has 0 aromatic heterocycles. The quantitative estimate of drug-likeness (QED) is 0.747. The molecule has 2 N–H and O–H groups in total. The molecule has 19 heavy (non-hydrogen) atoms. The van der Waals surface area contributed by atoms with Gasteiger partial charge in [0.05, 0.1) is 5.56 Å². The lowest BCUT2D eigenvalue weighted by Crippen LogP contribution is -2.29. The summed E-state index contributed by atoms with van der Waals surface area (Å²) in [5, 5.41) is 6.48. The Morgan fingerprint density at radius 1 is 1.00 bits per heavy atom. The van der Waals surface area contributed by atoms with Gasteiger partial charge in [0.15, 0.2) is 0 Å². The summed E-state index contributed by atoms with van der Waals surface area (Å²) in [6.45, 7) is 7.50. The Morgan fingerprint density at radius 2 is 1.58 bits per heavy atom. The standard InChI is InChI=1S/C14H21F3N2/c1-11(2)9-18-7-8-19-10-12-3-5-13(6-4-12)14(15,16)17/h3-6,11,18-19H,7-10H2,1-2H3. The van der Waals surface area contributed by atoms with Gasteiger partial charge >= 0.3 is 6.18 Å².